The second-order valence-electron chi connectivity index (χ2n) is 3.27. The Balaban J connectivity index is 4.02. The molecule has 0 aromatic carbocycles. The van der Waals surface area contributed by atoms with Crippen molar-refractivity contribution in [3.05, 3.63) is 0 Å². The molecule has 0 aliphatic carbocycles. The molecule has 0 aromatic rings. The van der Waals surface area contributed by atoms with Crippen LogP contribution in [0, 0.1) is 0 Å². The van der Waals surface area contributed by atoms with Crippen molar-refractivity contribution in [2.45, 2.75) is 19.9 Å². The van der Waals surface area contributed by atoms with E-state index in [-0.39, 0.29) is 12.6 Å². The van der Waals surface area contributed by atoms with Crippen molar-refractivity contribution in [3.8, 4) is 0 Å². The quantitative estimate of drug-likeness (QED) is 0.524. The van der Waals surface area contributed by atoms with E-state index in [4.69, 9.17) is 11.5 Å². The zero-order valence-corrected chi connectivity index (χ0v) is 8.62. The summed E-state index contributed by atoms with van der Waals surface area (Å²) in [6.07, 6.45) is 0. The van der Waals surface area contributed by atoms with Gasteiger partial charge in [-0.3, -0.25) is 15.0 Å². The fourth-order valence-electron chi connectivity index (χ4n) is 1.05. The number of nitrogens with one attached hydrogen (secondary N) is 1. The summed E-state index contributed by atoms with van der Waals surface area (Å²) >= 11 is 0. The van der Waals surface area contributed by atoms with Crippen LogP contribution in [0.25, 0.3) is 0 Å². The standard InChI is InChI=1S/C8H18N4O2/c1-6(2)12(4-3-9)5-7(13)11-8(10)14/h6H,3-5,9H2,1-2H3,(H3,10,11,13,14). The molecule has 14 heavy (non-hydrogen) atoms. The predicted molar refractivity (Wildman–Crippen MR) is 53.5 cm³/mol. The average molecular weight is 202 g/mol. The van der Waals surface area contributed by atoms with Crippen LogP contribution in [0.15, 0.2) is 0 Å². The van der Waals surface area contributed by atoms with Crippen molar-refractivity contribution in [1.29, 1.82) is 0 Å². The Labute approximate surface area is 83.6 Å². The van der Waals surface area contributed by atoms with E-state index >= 15 is 0 Å². The summed E-state index contributed by atoms with van der Waals surface area (Å²) in [6, 6.07) is -0.622. The summed E-state index contributed by atoms with van der Waals surface area (Å²) in [7, 11) is 0. The molecule has 0 rings (SSSR count). The fourth-order valence-corrected chi connectivity index (χ4v) is 1.05. The lowest BCUT2D eigenvalue weighted by Crippen LogP contribution is -2.45. The van der Waals surface area contributed by atoms with Crippen LogP contribution in [0.5, 0.6) is 0 Å². The van der Waals surface area contributed by atoms with Crippen LogP contribution < -0.4 is 16.8 Å². The molecule has 0 aromatic heterocycles. The third-order valence-electron chi connectivity index (χ3n) is 1.76. The Kier molecular flexibility index (Phi) is 5.82. The molecule has 6 nitrogen and oxygen atoms in total. The summed E-state index contributed by atoms with van der Waals surface area (Å²) in [5.41, 5.74) is 10.2. The first-order valence-corrected chi connectivity index (χ1v) is 4.50. The number of hydrogen-bond acceptors (Lipinski definition) is 4. The predicted octanol–water partition coefficient (Wildman–Crippen LogP) is -1.15. The molecular weight excluding hydrogens is 184 g/mol. The number of carbonyl (C=O) groups is 2. The summed E-state index contributed by atoms with van der Waals surface area (Å²) in [5, 5.41) is 2.00. The number of hydrogen-bond donors (Lipinski definition) is 3. The minimum Gasteiger partial charge on any atom is -0.351 e. The van der Waals surface area contributed by atoms with Gasteiger partial charge in [-0.1, -0.05) is 0 Å². The topological polar surface area (TPSA) is 101 Å². The minimum atomic E-state index is -0.827. The zero-order chi connectivity index (χ0) is 11.1. The molecule has 0 fully saturated rings. The summed E-state index contributed by atoms with van der Waals surface area (Å²) < 4.78 is 0. The number of carbonyl (C=O) groups excluding carboxylic acids is 2. The minimum absolute atomic E-state index is 0.137. The van der Waals surface area contributed by atoms with Crippen LogP contribution in [0.2, 0.25) is 0 Å². The molecule has 0 saturated carbocycles. The molecule has 82 valence electrons. The summed E-state index contributed by atoms with van der Waals surface area (Å²) in [6.45, 7) is 5.13. The SMILES string of the molecule is CC(C)N(CCN)CC(=O)NC(N)=O. The van der Waals surface area contributed by atoms with Gasteiger partial charge in [0.2, 0.25) is 5.91 Å². The first kappa shape index (κ1) is 12.9. The molecule has 3 amide bonds. The van der Waals surface area contributed by atoms with Crippen LogP contribution in [0.4, 0.5) is 4.79 Å². The Bertz CT molecular complexity index is 206. The Morgan fingerprint density at radius 1 is 1.43 bits per heavy atom. The summed E-state index contributed by atoms with van der Waals surface area (Å²) in [5.74, 6) is -0.403. The molecule has 0 aliphatic rings. The number of nitrogens with zero attached hydrogens (tertiary/aromatic N) is 1. The largest absolute Gasteiger partial charge is 0.351 e. The maximum atomic E-state index is 11.1. The van der Waals surface area contributed by atoms with Gasteiger partial charge in [-0.25, -0.2) is 4.79 Å². The molecule has 0 saturated heterocycles. The lowest BCUT2D eigenvalue weighted by molar-refractivity contribution is -0.121. The second kappa shape index (κ2) is 6.33. The van der Waals surface area contributed by atoms with E-state index < -0.39 is 11.9 Å². The fraction of sp³-hybridized carbons (Fsp3) is 0.750. The van der Waals surface area contributed by atoms with Gasteiger partial charge in [0.1, 0.15) is 0 Å². The molecule has 0 bridgehead atoms. The van der Waals surface area contributed by atoms with Crippen molar-refractivity contribution in [2.75, 3.05) is 19.6 Å². The Morgan fingerprint density at radius 3 is 2.36 bits per heavy atom. The van der Waals surface area contributed by atoms with Crippen LogP contribution >= 0.6 is 0 Å². The molecule has 0 spiro atoms. The molecule has 0 radical (unpaired) electrons. The third kappa shape index (κ3) is 5.50. The van der Waals surface area contributed by atoms with Gasteiger partial charge >= 0.3 is 6.03 Å². The maximum absolute atomic E-state index is 11.1. The van der Waals surface area contributed by atoms with E-state index in [1.165, 1.54) is 0 Å². The second-order valence-corrected chi connectivity index (χ2v) is 3.27. The van der Waals surface area contributed by atoms with E-state index in [1.807, 2.05) is 24.1 Å². The molecule has 0 heterocycles. The number of imide groups is 1. The van der Waals surface area contributed by atoms with Gasteiger partial charge in [0.25, 0.3) is 0 Å². The molecule has 0 atom stereocenters. The van der Waals surface area contributed by atoms with E-state index in [9.17, 15) is 9.59 Å². The normalized spacial score (nSPS) is 10.6. The number of amides is 3. The molecule has 0 unspecified atom stereocenters. The van der Waals surface area contributed by atoms with Crippen LogP contribution in [-0.2, 0) is 4.79 Å². The van der Waals surface area contributed by atoms with Gasteiger partial charge in [0.05, 0.1) is 6.54 Å². The number of nitrogens with two attached hydrogens (primary N) is 2. The maximum Gasteiger partial charge on any atom is 0.318 e. The van der Waals surface area contributed by atoms with Gasteiger partial charge in [0.15, 0.2) is 0 Å². The first-order valence-electron chi connectivity index (χ1n) is 4.50. The van der Waals surface area contributed by atoms with Crippen molar-refractivity contribution in [1.82, 2.24) is 10.2 Å². The Hall–Kier alpha value is -1.14. The highest BCUT2D eigenvalue weighted by Gasteiger charge is 2.13. The van der Waals surface area contributed by atoms with Gasteiger partial charge < -0.3 is 11.5 Å². The lowest BCUT2D eigenvalue weighted by atomic mass is 10.3. The van der Waals surface area contributed by atoms with Crippen molar-refractivity contribution >= 4 is 11.9 Å². The monoisotopic (exact) mass is 202 g/mol. The lowest BCUT2D eigenvalue weighted by Gasteiger charge is -2.24. The van der Waals surface area contributed by atoms with E-state index in [0.29, 0.717) is 13.1 Å². The van der Waals surface area contributed by atoms with Crippen LogP contribution in [0.1, 0.15) is 13.8 Å². The van der Waals surface area contributed by atoms with E-state index in [1.54, 1.807) is 0 Å². The highest BCUT2D eigenvalue weighted by Crippen LogP contribution is 1.95. The van der Waals surface area contributed by atoms with Gasteiger partial charge in [-0.2, -0.15) is 0 Å². The number of urea groups is 1. The van der Waals surface area contributed by atoms with Crippen LogP contribution in [-0.4, -0.2) is 42.5 Å². The molecule has 5 N–H and O–H groups in total. The average Bonchev–Trinajstić information content (AvgIpc) is 2.01. The van der Waals surface area contributed by atoms with Gasteiger partial charge in [-0.05, 0) is 13.8 Å². The van der Waals surface area contributed by atoms with Crippen LogP contribution in [0.3, 0.4) is 0 Å². The molecular formula is C8H18N4O2. The molecule has 6 heteroatoms. The Morgan fingerprint density at radius 2 is 2.00 bits per heavy atom. The highest BCUT2D eigenvalue weighted by atomic mass is 16.2. The number of primary amides is 1. The summed E-state index contributed by atoms with van der Waals surface area (Å²) in [4.78, 5) is 23.4. The van der Waals surface area contributed by atoms with Crippen molar-refractivity contribution in [3.63, 3.8) is 0 Å². The van der Waals surface area contributed by atoms with Crippen molar-refractivity contribution < 1.29 is 9.59 Å². The molecule has 0 aliphatic heterocycles. The first-order chi connectivity index (χ1) is 6.47. The zero-order valence-electron chi connectivity index (χ0n) is 8.62. The number of rotatable bonds is 5. The van der Waals surface area contributed by atoms with E-state index in [0.717, 1.165) is 0 Å². The van der Waals surface area contributed by atoms with Gasteiger partial charge in [-0.15, -0.1) is 0 Å². The smallest absolute Gasteiger partial charge is 0.318 e. The third-order valence-corrected chi connectivity index (χ3v) is 1.76. The van der Waals surface area contributed by atoms with Gasteiger partial charge in [0, 0.05) is 19.1 Å². The van der Waals surface area contributed by atoms with E-state index in [2.05, 4.69) is 0 Å². The highest BCUT2D eigenvalue weighted by molar-refractivity contribution is 5.94. The van der Waals surface area contributed by atoms with Crippen molar-refractivity contribution in [2.24, 2.45) is 11.5 Å².